The summed E-state index contributed by atoms with van der Waals surface area (Å²) in [4.78, 5) is 15.1. The van der Waals surface area contributed by atoms with Gasteiger partial charge in [-0.3, -0.25) is 9.69 Å². The fourth-order valence-electron chi connectivity index (χ4n) is 3.42. The van der Waals surface area contributed by atoms with E-state index in [0.29, 0.717) is 17.3 Å². The molecular formula is C20H22ClNO2. The second-order valence-electron chi connectivity index (χ2n) is 6.53. The van der Waals surface area contributed by atoms with E-state index in [-0.39, 0.29) is 11.7 Å². The van der Waals surface area contributed by atoms with Crippen LogP contribution in [0.25, 0.3) is 0 Å². The Labute approximate surface area is 147 Å². The number of likely N-dealkylation sites (tertiary alicyclic amines) is 1. The van der Waals surface area contributed by atoms with Crippen molar-refractivity contribution < 1.29 is 9.90 Å². The number of nitrogens with zero attached hydrogens (tertiary/aromatic N) is 1. The zero-order valence-corrected chi connectivity index (χ0v) is 14.6. The Morgan fingerprint density at radius 3 is 2.83 bits per heavy atom. The Kier molecular flexibility index (Phi) is 5.22. The van der Waals surface area contributed by atoms with Gasteiger partial charge in [-0.2, -0.15) is 0 Å². The quantitative estimate of drug-likeness (QED) is 0.834. The molecule has 24 heavy (non-hydrogen) atoms. The summed E-state index contributed by atoms with van der Waals surface area (Å²) in [6, 6.07) is 12.9. The number of rotatable bonds is 4. The van der Waals surface area contributed by atoms with Gasteiger partial charge in [-0.25, -0.2) is 0 Å². The highest BCUT2D eigenvalue weighted by molar-refractivity contribution is 6.30. The number of Topliss-reactive ketones (excluding diaryl/α,β-unsaturated/α-hetero) is 1. The van der Waals surface area contributed by atoms with E-state index in [9.17, 15) is 9.90 Å². The minimum Gasteiger partial charge on any atom is -0.508 e. The molecule has 126 valence electrons. The number of hydrogen-bond donors (Lipinski definition) is 1. The van der Waals surface area contributed by atoms with Gasteiger partial charge in [-0.05, 0) is 56.1 Å². The summed E-state index contributed by atoms with van der Waals surface area (Å²) in [5.74, 6) is 0.523. The van der Waals surface area contributed by atoms with E-state index in [0.717, 1.165) is 42.6 Å². The van der Waals surface area contributed by atoms with Crippen molar-refractivity contribution >= 4 is 17.4 Å². The van der Waals surface area contributed by atoms with Crippen LogP contribution in [-0.4, -0.2) is 28.9 Å². The molecule has 1 fully saturated rings. The van der Waals surface area contributed by atoms with E-state index in [2.05, 4.69) is 4.90 Å². The smallest absolute Gasteiger partial charge is 0.167 e. The number of piperidine rings is 1. The van der Waals surface area contributed by atoms with Crippen molar-refractivity contribution in [2.75, 3.05) is 13.1 Å². The first-order chi connectivity index (χ1) is 11.5. The Morgan fingerprint density at radius 1 is 1.29 bits per heavy atom. The van der Waals surface area contributed by atoms with Crippen molar-refractivity contribution in [3.8, 4) is 5.75 Å². The standard InChI is InChI=1S/C20H22ClNO2/c1-14-11-17(21)8-9-18(14)20(24)16-6-4-10-22(13-16)12-15-5-2-3-7-19(15)23/h2-3,5,7-9,11,16,23H,4,6,10,12-13H2,1H3/t16-/m1/s1. The van der Waals surface area contributed by atoms with Crippen LogP contribution in [0, 0.1) is 12.8 Å². The maximum Gasteiger partial charge on any atom is 0.167 e. The molecule has 1 atom stereocenters. The zero-order chi connectivity index (χ0) is 17.1. The summed E-state index contributed by atoms with van der Waals surface area (Å²) in [7, 11) is 0. The molecule has 0 aromatic heterocycles. The number of phenols is 1. The van der Waals surface area contributed by atoms with Crippen LogP contribution in [0.3, 0.4) is 0 Å². The van der Waals surface area contributed by atoms with Crippen LogP contribution in [0.5, 0.6) is 5.75 Å². The predicted molar refractivity (Wildman–Crippen MR) is 96.6 cm³/mol. The molecule has 3 rings (SSSR count). The average Bonchev–Trinajstić information content (AvgIpc) is 2.57. The Bertz CT molecular complexity index is 744. The van der Waals surface area contributed by atoms with Gasteiger partial charge in [-0.1, -0.05) is 29.8 Å². The van der Waals surface area contributed by atoms with Gasteiger partial charge in [0.25, 0.3) is 0 Å². The van der Waals surface area contributed by atoms with Crippen LogP contribution < -0.4 is 0 Å². The summed E-state index contributed by atoms with van der Waals surface area (Å²) < 4.78 is 0. The molecule has 0 unspecified atom stereocenters. The third-order valence-corrected chi connectivity index (χ3v) is 4.95. The van der Waals surface area contributed by atoms with Gasteiger partial charge >= 0.3 is 0 Å². The van der Waals surface area contributed by atoms with Crippen molar-refractivity contribution in [1.29, 1.82) is 0 Å². The van der Waals surface area contributed by atoms with Crippen LogP contribution in [0.15, 0.2) is 42.5 Å². The number of hydrogen-bond acceptors (Lipinski definition) is 3. The fourth-order valence-corrected chi connectivity index (χ4v) is 3.65. The number of phenolic OH excluding ortho intramolecular Hbond substituents is 1. The summed E-state index contributed by atoms with van der Waals surface area (Å²) in [5.41, 5.74) is 2.62. The van der Waals surface area contributed by atoms with Gasteiger partial charge in [-0.15, -0.1) is 0 Å². The zero-order valence-electron chi connectivity index (χ0n) is 13.8. The van der Waals surface area contributed by atoms with E-state index >= 15 is 0 Å². The third-order valence-electron chi connectivity index (χ3n) is 4.72. The van der Waals surface area contributed by atoms with Crippen LogP contribution in [0.1, 0.15) is 34.3 Å². The molecule has 0 spiro atoms. The molecule has 0 radical (unpaired) electrons. The van der Waals surface area contributed by atoms with Crippen molar-refractivity contribution in [2.45, 2.75) is 26.3 Å². The first-order valence-electron chi connectivity index (χ1n) is 8.34. The summed E-state index contributed by atoms with van der Waals surface area (Å²) in [6.07, 6.45) is 1.91. The molecule has 0 amide bonds. The largest absolute Gasteiger partial charge is 0.508 e. The minimum atomic E-state index is 0.00415. The molecule has 2 aromatic rings. The summed E-state index contributed by atoms with van der Waals surface area (Å²) in [6.45, 7) is 4.30. The molecule has 1 aliphatic heterocycles. The highest BCUT2D eigenvalue weighted by atomic mass is 35.5. The lowest BCUT2D eigenvalue weighted by atomic mass is 9.88. The topological polar surface area (TPSA) is 40.5 Å². The molecule has 1 N–H and O–H groups in total. The third kappa shape index (κ3) is 3.80. The highest BCUT2D eigenvalue weighted by Gasteiger charge is 2.27. The van der Waals surface area contributed by atoms with Gasteiger partial charge in [0, 0.05) is 35.2 Å². The molecule has 4 heteroatoms. The molecule has 3 nitrogen and oxygen atoms in total. The SMILES string of the molecule is Cc1cc(Cl)ccc1C(=O)[C@@H]1CCCN(Cc2ccccc2O)C1. The summed E-state index contributed by atoms with van der Waals surface area (Å²) in [5, 5.41) is 10.6. The lowest BCUT2D eigenvalue weighted by Crippen LogP contribution is -2.38. The van der Waals surface area contributed by atoms with Gasteiger partial charge in [0.2, 0.25) is 0 Å². The molecule has 1 aliphatic rings. The van der Waals surface area contributed by atoms with Crippen molar-refractivity contribution in [3.63, 3.8) is 0 Å². The second kappa shape index (κ2) is 7.37. The average molecular weight is 344 g/mol. The molecule has 0 aliphatic carbocycles. The van der Waals surface area contributed by atoms with Gasteiger partial charge < -0.3 is 5.11 Å². The molecular weight excluding hydrogens is 322 g/mol. The fraction of sp³-hybridized carbons (Fsp3) is 0.350. The Hall–Kier alpha value is -1.84. The van der Waals surface area contributed by atoms with Crippen LogP contribution in [0.2, 0.25) is 5.02 Å². The first-order valence-corrected chi connectivity index (χ1v) is 8.72. The lowest BCUT2D eigenvalue weighted by molar-refractivity contribution is 0.0810. The first kappa shape index (κ1) is 17.0. The van der Waals surface area contributed by atoms with E-state index < -0.39 is 0 Å². The van der Waals surface area contributed by atoms with E-state index in [1.54, 1.807) is 12.1 Å². The molecule has 1 heterocycles. The van der Waals surface area contributed by atoms with Gasteiger partial charge in [0.1, 0.15) is 5.75 Å². The van der Waals surface area contributed by atoms with Crippen LogP contribution in [-0.2, 0) is 6.54 Å². The van der Waals surface area contributed by atoms with E-state index in [1.807, 2.05) is 37.3 Å². The molecule has 0 saturated carbocycles. The predicted octanol–water partition coefficient (Wildman–Crippen LogP) is 4.45. The van der Waals surface area contributed by atoms with E-state index in [4.69, 9.17) is 11.6 Å². The molecule has 2 aromatic carbocycles. The van der Waals surface area contributed by atoms with Crippen molar-refractivity contribution in [2.24, 2.45) is 5.92 Å². The monoisotopic (exact) mass is 343 g/mol. The van der Waals surface area contributed by atoms with Gasteiger partial charge in [0.05, 0.1) is 0 Å². The number of ketones is 1. The van der Waals surface area contributed by atoms with Gasteiger partial charge in [0.15, 0.2) is 5.78 Å². The maximum absolute atomic E-state index is 12.9. The Balaban J connectivity index is 1.71. The van der Waals surface area contributed by atoms with Crippen LogP contribution in [0.4, 0.5) is 0 Å². The Morgan fingerprint density at radius 2 is 2.08 bits per heavy atom. The number of carbonyl (C=O) groups excluding carboxylic acids is 1. The minimum absolute atomic E-state index is 0.00415. The second-order valence-corrected chi connectivity index (χ2v) is 6.96. The highest BCUT2D eigenvalue weighted by Crippen LogP contribution is 2.26. The number of halogens is 1. The number of aromatic hydroxyl groups is 1. The van der Waals surface area contributed by atoms with E-state index in [1.165, 1.54) is 0 Å². The number of aryl methyl sites for hydroxylation is 1. The van der Waals surface area contributed by atoms with Crippen molar-refractivity contribution in [3.05, 3.63) is 64.2 Å². The normalized spacial score (nSPS) is 18.5. The van der Waals surface area contributed by atoms with Crippen LogP contribution >= 0.6 is 11.6 Å². The molecule has 0 bridgehead atoms. The number of carbonyl (C=O) groups is 1. The summed E-state index contributed by atoms with van der Waals surface area (Å²) >= 11 is 5.99. The number of benzene rings is 2. The maximum atomic E-state index is 12.9. The lowest BCUT2D eigenvalue weighted by Gasteiger charge is -2.32. The number of para-hydroxylation sites is 1. The van der Waals surface area contributed by atoms with Crippen molar-refractivity contribution in [1.82, 2.24) is 4.90 Å². The molecule has 1 saturated heterocycles.